The molecule has 0 radical (unpaired) electrons. The van der Waals surface area contributed by atoms with Gasteiger partial charge in [-0.3, -0.25) is 0 Å². The summed E-state index contributed by atoms with van der Waals surface area (Å²) in [6.07, 6.45) is 0.322. The Labute approximate surface area is 141 Å². The van der Waals surface area contributed by atoms with Crippen molar-refractivity contribution in [3.8, 4) is 11.1 Å². The van der Waals surface area contributed by atoms with Gasteiger partial charge in [-0.1, -0.05) is 41.9 Å². The molecule has 0 aliphatic carbocycles. The van der Waals surface area contributed by atoms with Crippen LogP contribution in [0.25, 0.3) is 11.1 Å². The molecule has 0 spiro atoms. The second-order valence-corrected chi connectivity index (χ2v) is 5.81. The van der Waals surface area contributed by atoms with E-state index in [2.05, 4.69) is 0 Å². The van der Waals surface area contributed by atoms with Gasteiger partial charge in [0, 0.05) is 11.4 Å². The van der Waals surface area contributed by atoms with E-state index in [-0.39, 0.29) is 5.57 Å². The number of rotatable bonds is 5. The minimum Gasteiger partial charge on any atom is -0.501 e. The minimum absolute atomic E-state index is 0.267. The molecule has 0 amide bonds. The van der Waals surface area contributed by atoms with Crippen LogP contribution in [-0.2, 0) is 16.0 Å². The van der Waals surface area contributed by atoms with Crippen LogP contribution in [0.1, 0.15) is 18.1 Å². The van der Waals surface area contributed by atoms with Crippen LogP contribution in [0, 0.1) is 6.92 Å². The summed E-state index contributed by atoms with van der Waals surface area (Å²) in [5.74, 6) is -0.533. The van der Waals surface area contributed by atoms with Crippen molar-refractivity contribution in [1.82, 2.24) is 0 Å². The van der Waals surface area contributed by atoms with Crippen molar-refractivity contribution in [3.05, 3.63) is 69.9 Å². The predicted molar refractivity (Wildman–Crippen MR) is 92.7 cm³/mol. The molecule has 120 valence electrons. The molecule has 0 bridgehead atoms. The lowest BCUT2D eigenvalue weighted by Crippen LogP contribution is -2.08. The second kappa shape index (κ2) is 7.34. The maximum atomic E-state index is 11.5. The Bertz CT molecular complexity index is 746. The van der Waals surface area contributed by atoms with Crippen molar-refractivity contribution in [2.45, 2.75) is 20.3 Å². The molecule has 0 heterocycles. The van der Waals surface area contributed by atoms with Gasteiger partial charge in [0.15, 0.2) is 0 Å². The molecular weight excluding hydrogens is 312 g/mol. The smallest absolute Gasteiger partial charge is 0.335 e. The van der Waals surface area contributed by atoms with Crippen LogP contribution in [0.15, 0.2) is 53.8 Å². The van der Waals surface area contributed by atoms with E-state index in [1.807, 2.05) is 49.4 Å². The Morgan fingerprint density at radius 1 is 1.13 bits per heavy atom. The van der Waals surface area contributed by atoms with Crippen LogP contribution in [0.2, 0.25) is 5.02 Å². The molecule has 1 N–H and O–H groups in total. The molecule has 2 aromatic carbocycles. The summed E-state index contributed by atoms with van der Waals surface area (Å²) in [6, 6.07) is 13.6. The highest BCUT2D eigenvalue weighted by Gasteiger charge is 2.15. The molecule has 2 rings (SSSR count). The molecule has 0 aliphatic heterocycles. The lowest BCUT2D eigenvalue weighted by atomic mass is 9.95. The number of aliphatic carboxylic acids is 1. The first-order valence-electron chi connectivity index (χ1n) is 7.25. The van der Waals surface area contributed by atoms with Gasteiger partial charge in [-0.05, 0) is 48.2 Å². The van der Waals surface area contributed by atoms with Gasteiger partial charge in [-0.2, -0.15) is 0 Å². The quantitative estimate of drug-likeness (QED) is 0.629. The van der Waals surface area contributed by atoms with Crippen molar-refractivity contribution in [2.75, 3.05) is 7.11 Å². The van der Waals surface area contributed by atoms with E-state index in [1.54, 1.807) is 6.92 Å². The number of carboxylic acid groups (broad SMARTS) is 1. The van der Waals surface area contributed by atoms with Gasteiger partial charge in [0.25, 0.3) is 0 Å². The third kappa shape index (κ3) is 4.14. The van der Waals surface area contributed by atoms with Gasteiger partial charge in [0.05, 0.1) is 12.7 Å². The predicted octanol–water partition coefficient (Wildman–Crippen LogP) is 4.86. The zero-order valence-electron chi connectivity index (χ0n) is 13.4. The summed E-state index contributed by atoms with van der Waals surface area (Å²) in [5.41, 5.74) is 4.35. The van der Waals surface area contributed by atoms with Crippen LogP contribution in [0.3, 0.4) is 0 Å². The van der Waals surface area contributed by atoms with Crippen LogP contribution in [0.4, 0.5) is 0 Å². The van der Waals surface area contributed by atoms with Crippen molar-refractivity contribution in [2.24, 2.45) is 0 Å². The molecule has 2 aromatic rings. The Kier molecular flexibility index (Phi) is 5.45. The Morgan fingerprint density at radius 3 is 2.30 bits per heavy atom. The Morgan fingerprint density at radius 2 is 1.74 bits per heavy atom. The number of hydrogen-bond donors (Lipinski definition) is 1. The molecule has 0 atom stereocenters. The van der Waals surface area contributed by atoms with Gasteiger partial charge in [0.2, 0.25) is 0 Å². The average molecular weight is 331 g/mol. The van der Waals surface area contributed by atoms with E-state index in [0.717, 1.165) is 22.3 Å². The number of aryl methyl sites for hydroxylation is 1. The van der Waals surface area contributed by atoms with Gasteiger partial charge >= 0.3 is 5.97 Å². The fourth-order valence-corrected chi connectivity index (χ4v) is 2.47. The van der Waals surface area contributed by atoms with E-state index < -0.39 is 5.97 Å². The zero-order chi connectivity index (χ0) is 17.0. The van der Waals surface area contributed by atoms with Crippen molar-refractivity contribution in [1.29, 1.82) is 0 Å². The molecule has 0 unspecified atom stereocenters. The Hall–Kier alpha value is -2.26. The first-order valence-corrected chi connectivity index (χ1v) is 7.62. The number of methoxy groups -OCH3 is 1. The van der Waals surface area contributed by atoms with Crippen molar-refractivity contribution in [3.63, 3.8) is 0 Å². The fraction of sp³-hybridized carbons (Fsp3) is 0.211. The van der Waals surface area contributed by atoms with Crippen molar-refractivity contribution < 1.29 is 14.6 Å². The highest BCUT2D eigenvalue weighted by molar-refractivity contribution is 6.30. The number of benzene rings is 2. The lowest BCUT2D eigenvalue weighted by molar-refractivity contribution is -0.133. The number of ether oxygens (including phenoxy) is 1. The molecule has 0 saturated heterocycles. The first-order chi connectivity index (χ1) is 10.9. The van der Waals surface area contributed by atoms with Crippen molar-refractivity contribution >= 4 is 17.6 Å². The standard InChI is InChI=1S/C19H19ClO3/c1-12-4-5-15(14-6-8-17(20)9-7-14)10-16(12)11-18(19(21)22)13(2)23-3/h4-10H,11H2,1-3H3,(H,21,22). The number of hydrogen-bond acceptors (Lipinski definition) is 2. The summed E-state index contributed by atoms with van der Waals surface area (Å²) in [5, 5.41) is 10.1. The van der Waals surface area contributed by atoms with E-state index in [4.69, 9.17) is 16.3 Å². The first kappa shape index (κ1) is 17.1. The summed E-state index contributed by atoms with van der Waals surface area (Å²) in [7, 11) is 1.48. The molecule has 0 fully saturated rings. The third-order valence-corrected chi connectivity index (χ3v) is 4.14. The van der Waals surface area contributed by atoms with E-state index in [0.29, 0.717) is 17.2 Å². The summed E-state index contributed by atoms with van der Waals surface area (Å²) in [4.78, 5) is 11.5. The van der Waals surface area contributed by atoms with Crippen LogP contribution in [-0.4, -0.2) is 18.2 Å². The van der Waals surface area contributed by atoms with Crippen LogP contribution < -0.4 is 0 Å². The van der Waals surface area contributed by atoms with E-state index >= 15 is 0 Å². The summed E-state index contributed by atoms with van der Waals surface area (Å²) in [6.45, 7) is 3.64. The highest BCUT2D eigenvalue weighted by atomic mass is 35.5. The maximum absolute atomic E-state index is 11.5. The van der Waals surface area contributed by atoms with Gasteiger partial charge in [0.1, 0.15) is 5.76 Å². The molecule has 3 nitrogen and oxygen atoms in total. The molecule has 4 heteroatoms. The molecule has 0 saturated carbocycles. The summed E-state index contributed by atoms with van der Waals surface area (Å²) >= 11 is 5.92. The van der Waals surface area contributed by atoms with Gasteiger partial charge in [-0.25, -0.2) is 4.79 Å². The number of allylic oxidation sites excluding steroid dienone is 1. The zero-order valence-corrected chi connectivity index (χ0v) is 14.1. The van der Waals surface area contributed by atoms with Crippen LogP contribution in [0.5, 0.6) is 0 Å². The second-order valence-electron chi connectivity index (χ2n) is 5.37. The Balaban J connectivity index is 2.41. The molecule has 23 heavy (non-hydrogen) atoms. The normalized spacial score (nSPS) is 11.8. The SMILES string of the molecule is COC(C)=C(Cc1cc(-c2ccc(Cl)cc2)ccc1C)C(=O)O. The number of halogens is 1. The topological polar surface area (TPSA) is 46.5 Å². The third-order valence-electron chi connectivity index (χ3n) is 3.88. The maximum Gasteiger partial charge on any atom is 0.335 e. The lowest BCUT2D eigenvalue weighted by Gasteiger charge is -2.12. The van der Waals surface area contributed by atoms with E-state index in [1.165, 1.54) is 7.11 Å². The number of carboxylic acids is 1. The average Bonchev–Trinajstić information content (AvgIpc) is 2.54. The van der Waals surface area contributed by atoms with E-state index in [9.17, 15) is 9.90 Å². The van der Waals surface area contributed by atoms with Gasteiger partial charge in [-0.15, -0.1) is 0 Å². The van der Waals surface area contributed by atoms with Gasteiger partial charge < -0.3 is 9.84 Å². The molecule has 0 aliphatic rings. The summed E-state index contributed by atoms with van der Waals surface area (Å²) < 4.78 is 5.10. The minimum atomic E-state index is -0.958. The monoisotopic (exact) mass is 330 g/mol. The molecular formula is C19H19ClO3. The van der Waals surface area contributed by atoms with Crippen LogP contribution >= 0.6 is 11.6 Å². The number of carbonyl (C=O) groups is 1. The molecule has 0 aromatic heterocycles. The fourth-order valence-electron chi connectivity index (χ4n) is 2.35. The highest BCUT2D eigenvalue weighted by Crippen LogP contribution is 2.26. The largest absolute Gasteiger partial charge is 0.501 e.